The van der Waals surface area contributed by atoms with Crippen molar-refractivity contribution in [1.29, 1.82) is 0 Å². The minimum absolute atomic E-state index is 0.164. The van der Waals surface area contributed by atoms with E-state index in [4.69, 9.17) is 5.21 Å². The highest BCUT2D eigenvalue weighted by Gasteiger charge is 2.10. The molecule has 0 aliphatic rings. The summed E-state index contributed by atoms with van der Waals surface area (Å²) in [6, 6.07) is 5.52. The molecule has 1 aromatic carbocycles. The topological polar surface area (TPSA) is 83.3 Å². The highest BCUT2D eigenvalue weighted by atomic mass is 19.1. The van der Waals surface area contributed by atoms with Crippen LogP contribution < -0.4 is 5.43 Å². The van der Waals surface area contributed by atoms with Gasteiger partial charge in [-0.25, -0.2) is 9.18 Å². The number of hydrazone groups is 1. The largest absolute Gasteiger partial charge is 0.461 e. The summed E-state index contributed by atoms with van der Waals surface area (Å²) in [7, 11) is 0. The molecule has 7 heteroatoms. The van der Waals surface area contributed by atoms with Gasteiger partial charge in [-0.2, -0.15) is 5.10 Å². The van der Waals surface area contributed by atoms with Crippen LogP contribution in [0.1, 0.15) is 6.92 Å². The van der Waals surface area contributed by atoms with Gasteiger partial charge in [-0.1, -0.05) is 11.2 Å². The molecule has 0 aliphatic heterocycles. The number of nitrogens with one attached hydrogen (secondary N) is 1. The number of nitrogens with zero attached hydrogens (tertiary/aromatic N) is 2. The van der Waals surface area contributed by atoms with Crippen LogP contribution in [-0.4, -0.2) is 29.7 Å². The number of ether oxygens (including phenoxy) is 1. The fourth-order valence-corrected chi connectivity index (χ4v) is 1.07. The van der Waals surface area contributed by atoms with Gasteiger partial charge in [0.15, 0.2) is 5.71 Å². The summed E-state index contributed by atoms with van der Waals surface area (Å²) in [6.45, 7) is 1.79. The SMILES string of the molecule is CCOC(=O)C(C=NO)=NNc1cccc(F)c1. The van der Waals surface area contributed by atoms with E-state index in [1.54, 1.807) is 13.0 Å². The van der Waals surface area contributed by atoms with Gasteiger partial charge in [0.05, 0.1) is 12.3 Å². The number of oxime groups is 1. The molecule has 1 aromatic rings. The lowest BCUT2D eigenvalue weighted by Gasteiger charge is -2.03. The second-order valence-corrected chi connectivity index (χ2v) is 3.08. The van der Waals surface area contributed by atoms with E-state index in [0.717, 1.165) is 6.21 Å². The first-order valence-corrected chi connectivity index (χ1v) is 5.11. The molecule has 0 bridgehead atoms. The molecule has 0 spiro atoms. The lowest BCUT2D eigenvalue weighted by atomic mass is 10.3. The maximum Gasteiger partial charge on any atom is 0.360 e. The first kappa shape index (κ1) is 13.6. The Labute approximate surface area is 103 Å². The van der Waals surface area contributed by atoms with E-state index in [1.165, 1.54) is 18.2 Å². The summed E-state index contributed by atoms with van der Waals surface area (Å²) in [4.78, 5) is 11.4. The van der Waals surface area contributed by atoms with Gasteiger partial charge < -0.3 is 9.94 Å². The quantitative estimate of drug-likeness (QED) is 0.361. The Morgan fingerprint density at radius 1 is 1.61 bits per heavy atom. The van der Waals surface area contributed by atoms with Gasteiger partial charge in [-0.15, -0.1) is 0 Å². The summed E-state index contributed by atoms with van der Waals surface area (Å²) in [5, 5.41) is 14.7. The van der Waals surface area contributed by atoms with E-state index >= 15 is 0 Å². The summed E-state index contributed by atoms with van der Waals surface area (Å²) < 4.78 is 17.6. The zero-order chi connectivity index (χ0) is 13.4. The van der Waals surface area contributed by atoms with Crippen LogP contribution in [0.15, 0.2) is 34.5 Å². The van der Waals surface area contributed by atoms with Crippen LogP contribution in [0.25, 0.3) is 0 Å². The monoisotopic (exact) mass is 253 g/mol. The molecule has 0 fully saturated rings. The van der Waals surface area contributed by atoms with Gasteiger partial charge in [0.25, 0.3) is 0 Å². The van der Waals surface area contributed by atoms with Gasteiger partial charge >= 0.3 is 5.97 Å². The average Bonchev–Trinajstić information content (AvgIpc) is 2.35. The van der Waals surface area contributed by atoms with E-state index in [1.807, 2.05) is 0 Å². The van der Waals surface area contributed by atoms with Crippen LogP contribution in [0.5, 0.6) is 0 Å². The Morgan fingerprint density at radius 3 is 3.00 bits per heavy atom. The van der Waals surface area contributed by atoms with E-state index in [-0.39, 0.29) is 12.3 Å². The van der Waals surface area contributed by atoms with Crippen molar-refractivity contribution < 1.29 is 19.1 Å². The van der Waals surface area contributed by atoms with Gasteiger partial charge in [-0.05, 0) is 25.1 Å². The van der Waals surface area contributed by atoms with Crippen molar-refractivity contribution in [3.8, 4) is 0 Å². The zero-order valence-corrected chi connectivity index (χ0v) is 9.63. The van der Waals surface area contributed by atoms with E-state index in [2.05, 4.69) is 20.4 Å². The number of hydrogen-bond acceptors (Lipinski definition) is 6. The molecule has 0 aliphatic carbocycles. The molecule has 0 saturated carbocycles. The van der Waals surface area contributed by atoms with Gasteiger partial charge in [0.2, 0.25) is 0 Å². The van der Waals surface area contributed by atoms with Crippen molar-refractivity contribution in [1.82, 2.24) is 0 Å². The number of hydrogen-bond donors (Lipinski definition) is 2. The molecular formula is C11H12FN3O3. The molecule has 0 amide bonds. The minimum Gasteiger partial charge on any atom is -0.461 e. The molecule has 0 atom stereocenters. The molecule has 1 rings (SSSR count). The standard InChI is InChI=1S/C11H12FN3O3/c1-2-18-11(16)10(7-13-17)15-14-9-5-3-4-8(12)6-9/h3-7,14,17H,2H2,1H3. The lowest BCUT2D eigenvalue weighted by Crippen LogP contribution is -2.20. The number of esters is 1. The van der Waals surface area contributed by atoms with Crippen LogP contribution in [0.3, 0.4) is 0 Å². The van der Waals surface area contributed by atoms with E-state index < -0.39 is 11.8 Å². The Bertz CT molecular complexity index is 474. The van der Waals surface area contributed by atoms with Gasteiger partial charge in [0.1, 0.15) is 12.0 Å². The highest BCUT2D eigenvalue weighted by molar-refractivity contribution is 6.59. The Morgan fingerprint density at radius 2 is 2.39 bits per heavy atom. The minimum atomic E-state index is -0.751. The maximum atomic E-state index is 12.9. The molecule has 18 heavy (non-hydrogen) atoms. The fourth-order valence-electron chi connectivity index (χ4n) is 1.07. The normalized spacial score (nSPS) is 11.6. The summed E-state index contributed by atoms with van der Waals surface area (Å²) in [5.74, 6) is -1.19. The first-order chi connectivity index (χ1) is 8.67. The van der Waals surface area contributed by atoms with Crippen molar-refractivity contribution in [2.75, 3.05) is 12.0 Å². The summed E-state index contributed by atoms with van der Waals surface area (Å²) >= 11 is 0. The number of rotatable bonds is 5. The molecule has 96 valence electrons. The molecule has 0 heterocycles. The van der Waals surface area contributed by atoms with Crippen LogP contribution in [0.4, 0.5) is 10.1 Å². The molecule has 2 N–H and O–H groups in total. The summed E-state index contributed by atoms with van der Waals surface area (Å²) in [5.41, 5.74) is 2.57. The van der Waals surface area contributed by atoms with Crippen LogP contribution in [0.2, 0.25) is 0 Å². The van der Waals surface area contributed by atoms with Crippen molar-refractivity contribution in [2.24, 2.45) is 10.3 Å². The number of halogens is 1. The predicted molar refractivity (Wildman–Crippen MR) is 64.4 cm³/mol. The second-order valence-electron chi connectivity index (χ2n) is 3.08. The molecule has 0 saturated heterocycles. The van der Waals surface area contributed by atoms with E-state index in [9.17, 15) is 9.18 Å². The number of anilines is 1. The second kappa shape index (κ2) is 7.00. The predicted octanol–water partition coefficient (Wildman–Crippen LogP) is 1.62. The van der Waals surface area contributed by atoms with Gasteiger partial charge in [0, 0.05) is 0 Å². The zero-order valence-electron chi connectivity index (χ0n) is 9.63. The highest BCUT2D eigenvalue weighted by Crippen LogP contribution is 2.08. The van der Waals surface area contributed by atoms with Crippen molar-refractivity contribution in [2.45, 2.75) is 6.92 Å². The van der Waals surface area contributed by atoms with Crippen molar-refractivity contribution in [3.63, 3.8) is 0 Å². The van der Waals surface area contributed by atoms with E-state index in [0.29, 0.717) is 5.69 Å². The fraction of sp³-hybridized carbons (Fsp3) is 0.182. The number of benzene rings is 1. The van der Waals surface area contributed by atoms with Crippen LogP contribution in [0, 0.1) is 5.82 Å². The van der Waals surface area contributed by atoms with Crippen molar-refractivity contribution >= 4 is 23.6 Å². The third kappa shape index (κ3) is 4.20. The van der Waals surface area contributed by atoms with Crippen LogP contribution >= 0.6 is 0 Å². The Kier molecular flexibility index (Phi) is 5.30. The maximum absolute atomic E-state index is 12.9. The molecule has 0 radical (unpaired) electrons. The molecule has 0 unspecified atom stereocenters. The number of carbonyl (C=O) groups excluding carboxylic acids is 1. The molecular weight excluding hydrogens is 241 g/mol. The Balaban J connectivity index is 2.80. The average molecular weight is 253 g/mol. The third-order valence-corrected chi connectivity index (χ3v) is 1.79. The van der Waals surface area contributed by atoms with Crippen molar-refractivity contribution in [3.05, 3.63) is 30.1 Å². The first-order valence-electron chi connectivity index (χ1n) is 5.11. The number of carbonyl (C=O) groups is 1. The molecule has 6 nitrogen and oxygen atoms in total. The van der Waals surface area contributed by atoms with Gasteiger partial charge in [-0.3, -0.25) is 5.43 Å². The van der Waals surface area contributed by atoms with Crippen LogP contribution in [-0.2, 0) is 9.53 Å². The lowest BCUT2D eigenvalue weighted by molar-refractivity contribution is -0.134. The smallest absolute Gasteiger partial charge is 0.360 e. The molecule has 0 aromatic heterocycles. The Hall–Kier alpha value is -2.44. The third-order valence-electron chi connectivity index (χ3n) is 1.79. The summed E-state index contributed by atoms with van der Waals surface area (Å²) in [6.07, 6.45) is 0.824.